The van der Waals surface area contributed by atoms with E-state index in [1.54, 1.807) is 6.08 Å². The summed E-state index contributed by atoms with van der Waals surface area (Å²) in [6.45, 7) is 2.07. The zero-order chi connectivity index (χ0) is 15.4. The summed E-state index contributed by atoms with van der Waals surface area (Å²) in [4.78, 5) is 0. The van der Waals surface area contributed by atoms with Crippen molar-refractivity contribution >= 4 is 5.57 Å². The third-order valence-corrected chi connectivity index (χ3v) is 4.04. The Morgan fingerprint density at radius 2 is 1.82 bits per heavy atom. The van der Waals surface area contributed by atoms with Crippen LogP contribution in [0.4, 0.5) is 4.39 Å². The molecule has 1 aromatic carbocycles. The van der Waals surface area contributed by atoms with Crippen molar-refractivity contribution in [3.63, 3.8) is 0 Å². The van der Waals surface area contributed by atoms with E-state index in [0.29, 0.717) is 6.42 Å². The number of allylic oxidation sites excluding steroid dienone is 10. The molecule has 0 aliphatic heterocycles. The Hall–Kier alpha value is -2.15. The second-order valence-corrected chi connectivity index (χ2v) is 5.94. The fourth-order valence-electron chi connectivity index (χ4n) is 2.81. The van der Waals surface area contributed by atoms with Crippen LogP contribution in [0.2, 0.25) is 0 Å². The zero-order valence-electron chi connectivity index (χ0n) is 12.9. The van der Waals surface area contributed by atoms with Gasteiger partial charge in [0.25, 0.3) is 0 Å². The molecule has 1 atom stereocenters. The van der Waals surface area contributed by atoms with Gasteiger partial charge in [-0.25, -0.2) is 4.39 Å². The van der Waals surface area contributed by atoms with Gasteiger partial charge in [-0.1, -0.05) is 66.3 Å². The van der Waals surface area contributed by atoms with Crippen molar-refractivity contribution in [3.05, 3.63) is 89.1 Å². The van der Waals surface area contributed by atoms with Crippen LogP contribution >= 0.6 is 0 Å². The maximum absolute atomic E-state index is 14.0. The van der Waals surface area contributed by atoms with Crippen LogP contribution in [0.3, 0.4) is 0 Å². The normalized spacial score (nSPS) is 21.5. The molecule has 0 radical (unpaired) electrons. The third kappa shape index (κ3) is 3.73. The van der Waals surface area contributed by atoms with Crippen LogP contribution in [-0.2, 0) is 0 Å². The van der Waals surface area contributed by atoms with Crippen LogP contribution < -0.4 is 0 Å². The number of hydrogen-bond donors (Lipinski definition) is 0. The first-order chi connectivity index (χ1) is 10.7. The van der Waals surface area contributed by atoms with Gasteiger partial charge in [0, 0.05) is 6.42 Å². The molecular formula is C21H21F. The first kappa shape index (κ1) is 14.8. The number of benzene rings is 1. The van der Waals surface area contributed by atoms with Crippen molar-refractivity contribution < 1.29 is 4.39 Å². The summed E-state index contributed by atoms with van der Waals surface area (Å²) < 4.78 is 14.0. The number of rotatable bonds is 3. The summed E-state index contributed by atoms with van der Waals surface area (Å²) in [5.41, 5.74) is 5.57. The smallest absolute Gasteiger partial charge is 0.123 e. The summed E-state index contributed by atoms with van der Waals surface area (Å²) in [5.74, 6) is 0. The molecule has 0 N–H and O–H groups in total. The van der Waals surface area contributed by atoms with Gasteiger partial charge in [0.2, 0.25) is 0 Å². The fraction of sp³-hybridized carbons (Fsp3) is 0.238. The molecule has 0 amide bonds. The molecule has 2 aliphatic rings. The summed E-state index contributed by atoms with van der Waals surface area (Å²) >= 11 is 0. The Balaban J connectivity index is 1.81. The monoisotopic (exact) mass is 292 g/mol. The molecule has 0 saturated carbocycles. The van der Waals surface area contributed by atoms with Crippen molar-refractivity contribution in [2.75, 3.05) is 0 Å². The predicted octanol–water partition coefficient (Wildman–Crippen LogP) is 5.88. The molecular weight excluding hydrogens is 271 g/mol. The van der Waals surface area contributed by atoms with Gasteiger partial charge >= 0.3 is 0 Å². The highest BCUT2D eigenvalue weighted by molar-refractivity contribution is 5.71. The quantitative estimate of drug-likeness (QED) is 0.652. The van der Waals surface area contributed by atoms with E-state index in [1.807, 2.05) is 6.08 Å². The summed E-state index contributed by atoms with van der Waals surface area (Å²) in [7, 11) is 0. The standard InChI is InChI=1S/C21H21F/c1-16-7-11-19(12-8-16)20-13-18(14-21(22)15-20)10-9-17-5-3-2-4-6-17/h3,5-14,21H,2,4,15H2,1H3/b10-9+. The number of hydrogen-bond acceptors (Lipinski definition) is 0. The van der Waals surface area contributed by atoms with Gasteiger partial charge in [-0.2, -0.15) is 0 Å². The molecule has 2 aliphatic carbocycles. The summed E-state index contributed by atoms with van der Waals surface area (Å²) in [5, 5.41) is 0. The first-order valence-electron chi connectivity index (χ1n) is 7.89. The second-order valence-electron chi connectivity index (χ2n) is 5.94. The van der Waals surface area contributed by atoms with E-state index in [2.05, 4.69) is 61.6 Å². The minimum atomic E-state index is -0.906. The lowest BCUT2D eigenvalue weighted by Crippen LogP contribution is -2.04. The van der Waals surface area contributed by atoms with E-state index in [0.717, 1.165) is 29.6 Å². The van der Waals surface area contributed by atoms with Crippen LogP contribution in [-0.4, -0.2) is 6.17 Å². The fourth-order valence-corrected chi connectivity index (χ4v) is 2.81. The summed E-state index contributed by atoms with van der Waals surface area (Å²) in [6, 6.07) is 8.31. The molecule has 1 unspecified atom stereocenters. The van der Waals surface area contributed by atoms with E-state index in [9.17, 15) is 4.39 Å². The van der Waals surface area contributed by atoms with Gasteiger partial charge in [-0.3, -0.25) is 0 Å². The molecule has 3 rings (SSSR count). The second kappa shape index (κ2) is 6.74. The highest BCUT2D eigenvalue weighted by atomic mass is 19.1. The van der Waals surface area contributed by atoms with E-state index in [-0.39, 0.29) is 0 Å². The lowest BCUT2D eigenvalue weighted by molar-refractivity contribution is 0.404. The van der Waals surface area contributed by atoms with Gasteiger partial charge in [0.15, 0.2) is 0 Å². The van der Waals surface area contributed by atoms with Gasteiger partial charge in [-0.05, 0) is 48.1 Å². The minimum Gasteiger partial charge on any atom is -0.243 e. The SMILES string of the molecule is Cc1ccc(C2=CC(/C=C/C3=CCCC=C3)=CC(F)C2)cc1. The minimum absolute atomic E-state index is 0.461. The van der Waals surface area contributed by atoms with Crippen molar-refractivity contribution in [3.8, 4) is 0 Å². The lowest BCUT2D eigenvalue weighted by atomic mass is 9.92. The average Bonchev–Trinajstić information content (AvgIpc) is 2.54. The molecule has 0 nitrogen and oxygen atoms in total. The highest BCUT2D eigenvalue weighted by Crippen LogP contribution is 2.29. The van der Waals surface area contributed by atoms with Crippen molar-refractivity contribution in [2.45, 2.75) is 32.4 Å². The van der Waals surface area contributed by atoms with E-state index < -0.39 is 6.17 Å². The van der Waals surface area contributed by atoms with Gasteiger partial charge in [0.1, 0.15) is 6.17 Å². The molecule has 1 aromatic rings. The summed E-state index contributed by atoms with van der Waals surface area (Å²) in [6.07, 6.45) is 16.2. The molecule has 0 bridgehead atoms. The van der Waals surface area contributed by atoms with E-state index in [1.165, 1.54) is 11.1 Å². The number of alkyl halides is 1. The van der Waals surface area contributed by atoms with E-state index in [4.69, 9.17) is 0 Å². The topological polar surface area (TPSA) is 0 Å². The molecule has 1 heteroatoms. The number of aryl methyl sites for hydroxylation is 1. The van der Waals surface area contributed by atoms with Crippen LogP contribution in [0.5, 0.6) is 0 Å². The molecule has 112 valence electrons. The number of halogens is 1. The van der Waals surface area contributed by atoms with Gasteiger partial charge in [-0.15, -0.1) is 0 Å². The Bertz CT molecular complexity index is 681. The molecule has 0 aromatic heterocycles. The Morgan fingerprint density at radius 1 is 1.05 bits per heavy atom. The Morgan fingerprint density at radius 3 is 2.55 bits per heavy atom. The first-order valence-corrected chi connectivity index (χ1v) is 7.89. The Labute approximate surface area is 132 Å². The molecule has 0 saturated heterocycles. The Kier molecular flexibility index (Phi) is 4.53. The maximum atomic E-state index is 14.0. The van der Waals surface area contributed by atoms with Crippen molar-refractivity contribution in [2.24, 2.45) is 0 Å². The zero-order valence-corrected chi connectivity index (χ0v) is 12.9. The van der Waals surface area contributed by atoms with Crippen molar-refractivity contribution in [1.82, 2.24) is 0 Å². The van der Waals surface area contributed by atoms with Gasteiger partial charge in [0.05, 0.1) is 0 Å². The average molecular weight is 292 g/mol. The molecule has 22 heavy (non-hydrogen) atoms. The van der Waals surface area contributed by atoms with Crippen molar-refractivity contribution in [1.29, 1.82) is 0 Å². The largest absolute Gasteiger partial charge is 0.243 e. The van der Waals surface area contributed by atoms with Crippen LogP contribution in [0.1, 0.15) is 30.4 Å². The maximum Gasteiger partial charge on any atom is 0.123 e. The lowest BCUT2D eigenvalue weighted by Gasteiger charge is -2.16. The van der Waals surface area contributed by atoms with Crippen LogP contribution in [0.15, 0.2) is 77.9 Å². The van der Waals surface area contributed by atoms with Crippen LogP contribution in [0.25, 0.3) is 5.57 Å². The van der Waals surface area contributed by atoms with E-state index >= 15 is 0 Å². The molecule has 0 spiro atoms. The molecule has 0 fully saturated rings. The highest BCUT2D eigenvalue weighted by Gasteiger charge is 2.14. The molecule has 0 heterocycles. The third-order valence-electron chi connectivity index (χ3n) is 4.04. The predicted molar refractivity (Wildman–Crippen MR) is 92.3 cm³/mol. The van der Waals surface area contributed by atoms with Gasteiger partial charge < -0.3 is 0 Å². The van der Waals surface area contributed by atoms with Crippen LogP contribution in [0, 0.1) is 6.92 Å².